The smallest absolute Gasteiger partial charge is 0.262 e. The molecule has 1 amide bonds. The third-order valence-corrected chi connectivity index (χ3v) is 4.98. The SMILES string of the molecule is CN1C[C@@H](NCc2ccc3c(c2)NC(=O)CO3)[C@H](c2cncn2C)C1. The molecule has 132 valence electrons. The fraction of sp³-hybridized carbons (Fsp3) is 0.444. The number of anilines is 1. The Labute approximate surface area is 147 Å². The number of hydrogen-bond acceptors (Lipinski definition) is 5. The largest absolute Gasteiger partial charge is 0.482 e. The molecule has 0 bridgehead atoms. The molecule has 25 heavy (non-hydrogen) atoms. The number of aryl methyl sites for hydroxylation is 1. The normalized spacial score (nSPS) is 23.2. The van der Waals surface area contributed by atoms with Crippen LogP contribution in [0.25, 0.3) is 0 Å². The predicted octanol–water partition coefficient (Wildman–Crippen LogP) is 0.938. The molecule has 1 saturated heterocycles. The van der Waals surface area contributed by atoms with Crippen molar-refractivity contribution in [2.24, 2.45) is 7.05 Å². The topological polar surface area (TPSA) is 71.4 Å². The van der Waals surface area contributed by atoms with Crippen molar-refractivity contribution in [2.45, 2.75) is 18.5 Å². The number of likely N-dealkylation sites (tertiary alicyclic amines) is 1. The molecule has 2 aromatic rings. The highest BCUT2D eigenvalue weighted by Crippen LogP contribution is 2.29. The molecule has 7 heteroatoms. The van der Waals surface area contributed by atoms with Gasteiger partial charge in [-0.05, 0) is 24.7 Å². The zero-order valence-corrected chi connectivity index (χ0v) is 14.5. The quantitative estimate of drug-likeness (QED) is 0.866. The molecule has 2 atom stereocenters. The van der Waals surface area contributed by atoms with Gasteiger partial charge in [0.05, 0.1) is 12.0 Å². The highest BCUT2D eigenvalue weighted by atomic mass is 16.5. The molecule has 0 aliphatic carbocycles. The molecular weight excluding hydrogens is 318 g/mol. The highest BCUT2D eigenvalue weighted by Gasteiger charge is 2.33. The van der Waals surface area contributed by atoms with Crippen LogP contribution in [0.4, 0.5) is 5.69 Å². The number of carbonyl (C=O) groups is 1. The van der Waals surface area contributed by atoms with Crippen molar-refractivity contribution in [1.29, 1.82) is 0 Å². The minimum Gasteiger partial charge on any atom is -0.482 e. The third kappa shape index (κ3) is 3.25. The summed E-state index contributed by atoms with van der Waals surface area (Å²) in [7, 11) is 4.20. The molecule has 2 N–H and O–H groups in total. The molecule has 3 heterocycles. The van der Waals surface area contributed by atoms with Crippen molar-refractivity contribution < 1.29 is 9.53 Å². The molecule has 0 unspecified atom stereocenters. The monoisotopic (exact) mass is 341 g/mol. The van der Waals surface area contributed by atoms with Gasteiger partial charge in [-0.3, -0.25) is 4.79 Å². The summed E-state index contributed by atoms with van der Waals surface area (Å²) in [6.07, 6.45) is 3.82. The fourth-order valence-corrected chi connectivity index (χ4v) is 3.72. The number of ether oxygens (including phenoxy) is 1. The fourth-order valence-electron chi connectivity index (χ4n) is 3.72. The number of likely N-dealkylation sites (N-methyl/N-ethyl adjacent to an activating group) is 1. The van der Waals surface area contributed by atoms with Crippen LogP contribution in [0.3, 0.4) is 0 Å². The molecule has 2 aliphatic rings. The van der Waals surface area contributed by atoms with Gasteiger partial charge in [0.1, 0.15) is 5.75 Å². The number of amides is 1. The number of fused-ring (bicyclic) bond motifs is 1. The lowest BCUT2D eigenvalue weighted by Gasteiger charge is -2.22. The van der Waals surface area contributed by atoms with Crippen molar-refractivity contribution in [1.82, 2.24) is 19.8 Å². The number of nitrogens with one attached hydrogen (secondary N) is 2. The van der Waals surface area contributed by atoms with E-state index in [1.165, 1.54) is 5.69 Å². The van der Waals surface area contributed by atoms with Gasteiger partial charge < -0.3 is 24.8 Å². The Kier molecular flexibility index (Phi) is 4.19. The number of hydrogen-bond donors (Lipinski definition) is 2. The molecule has 0 spiro atoms. The lowest BCUT2D eigenvalue weighted by molar-refractivity contribution is -0.118. The van der Waals surface area contributed by atoms with Gasteiger partial charge in [0.2, 0.25) is 0 Å². The second-order valence-corrected chi connectivity index (χ2v) is 6.91. The summed E-state index contributed by atoms with van der Waals surface area (Å²) in [6.45, 7) is 2.85. The summed E-state index contributed by atoms with van der Waals surface area (Å²) >= 11 is 0. The number of nitrogens with zero attached hydrogens (tertiary/aromatic N) is 3. The van der Waals surface area contributed by atoms with E-state index in [1.807, 2.05) is 37.8 Å². The van der Waals surface area contributed by atoms with Gasteiger partial charge >= 0.3 is 0 Å². The van der Waals surface area contributed by atoms with Gasteiger partial charge in [-0.2, -0.15) is 0 Å². The van der Waals surface area contributed by atoms with Crippen LogP contribution in [0, 0.1) is 0 Å². The van der Waals surface area contributed by atoms with Crippen molar-refractivity contribution in [2.75, 3.05) is 32.1 Å². The van der Waals surface area contributed by atoms with Gasteiger partial charge in [0.25, 0.3) is 5.91 Å². The van der Waals surface area contributed by atoms with E-state index in [1.54, 1.807) is 0 Å². The van der Waals surface area contributed by atoms with Crippen molar-refractivity contribution in [3.05, 3.63) is 42.0 Å². The Morgan fingerprint density at radius 3 is 3.04 bits per heavy atom. The number of rotatable bonds is 4. The summed E-state index contributed by atoms with van der Waals surface area (Å²) in [5.41, 5.74) is 3.14. The van der Waals surface area contributed by atoms with E-state index in [-0.39, 0.29) is 12.5 Å². The number of aromatic nitrogens is 2. The summed E-state index contributed by atoms with van der Waals surface area (Å²) < 4.78 is 7.51. The second kappa shape index (κ2) is 6.50. The van der Waals surface area contributed by atoms with Crippen LogP contribution in [0.15, 0.2) is 30.7 Å². The Balaban J connectivity index is 1.46. The van der Waals surface area contributed by atoms with Crippen LogP contribution in [0.5, 0.6) is 5.75 Å². The predicted molar refractivity (Wildman–Crippen MR) is 94.6 cm³/mol. The van der Waals surface area contributed by atoms with E-state index in [4.69, 9.17) is 4.74 Å². The Bertz CT molecular complexity index is 788. The van der Waals surface area contributed by atoms with Gasteiger partial charge in [-0.1, -0.05) is 6.07 Å². The average molecular weight is 341 g/mol. The third-order valence-electron chi connectivity index (χ3n) is 4.98. The standard InChI is InChI=1S/C18H23N5O2/c1-22-8-13(16-7-19-11-23(16)2)15(9-22)20-6-12-3-4-17-14(5-12)21-18(24)10-25-17/h3-5,7,11,13,15,20H,6,8-10H2,1-2H3,(H,21,24)/t13-,15-/m1/s1. The Morgan fingerprint density at radius 2 is 2.24 bits per heavy atom. The Hall–Kier alpha value is -2.38. The lowest BCUT2D eigenvalue weighted by Crippen LogP contribution is -2.35. The van der Waals surface area contributed by atoms with Gasteiger partial charge in [0.15, 0.2) is 6.61 Å². The lowest BCUT2D eigenvalue weighted by atomic mass is 9.99. The number of carbonyl (C=O) groups excluding carboxylic acids is 1. The molecule has 1 aromatic carbocycles. The van der Waals surface area contributed by atoms with Crippen molar-refractivity contribution >= 4 is 11.6 Å². The minimum atomic E-state index is -0.105. The van der Waals surface area contributed by atoms with Crippen molar-refractivity contribution in [3.63, 3.8) is 0 Å². The van der Waals surface area contributed by atoms with Crippen LogP contribution >= 0.6 is 0 Å². The van der Waals surface area contributed by atoms with Crippen LogP contribution in [-0.2, 0) is 18.4 Å². The minimum absolute atomic E-state index is 0.0887. The first-order valence-electron chi connectivity index (χ1n) is 8.54. The number of benzene rings is 1. The van der Waals surface area contributed by atoms with Crippen LogP contribution in [0.2, 0.25) is 0 Å². The maximum absolute atomic E-state index is 11.5. The van der Waals surface area contributed by atoms with E-state index in [0.29, 0.717) is 12.0 Å². The second-order valence-electron chi connectivity index (χ2n) is 6.91. The molecule has 2 aliphatic heterocycles. The van der Waals surface area contributed by atoms with Gasteiger partial charge in [-0.15, -0.1) is 0 Å². The van der Waals surface area contributed by atoms with Crippen LogP contribution < -0.4 is 15.4 Å². The summed E-state index contributed by atoms with van der Waals surface area (Å²) in [6, 6.07) is 6.31. The molecule has 1 aromatic heterocycles. The van der Waals surface area contributed by atoms with E-state index in [9.17, 15) is 4.79 Å². The molecular formula is C18H23N5O2. The molecule has 0 saturated carbocycles. The van der Waals surface area contributed by atoms with Gasteiger partial charge in [0, 0.05) is 50.5 Å². The summed E-state index contributed by atoms with van der Waals surface area (Å²) in [4.78, 5) is 18.1. The zero-order chi connectivity index (χ0) is 17.4. The highest BCUT2D eigenvalue weighted by molar-refractivity contribution is 5.95. The number of imidazole rings is 1. The maximum atomic E-state index is 11.5. The van der Waals surface area contributed by atoms with Gasteiger partial charge in [-0.25, -0.2) is 4.98 Å². The molecule has 0 radical (unpaired) electrons. The van der Waals surface area contributed by atoms with E-state index in [0.717, 1.165) is 36.6 Å². The van der Waals surface area contributed by atoms with E-state index in [2.05, 4.69) is 32.1 Å². The molecule has 4 rings (SSSR count). The Morgan fingerprint density at radius 1 is 1.36 bits per heavy atom. The van der Waals surface area contributed by atoms with Crippen molar-refractivity contribution in [3.8, 4) is 5.75 Å². The molecule has 1 fully saturated rings. The van der Waals surface area contributed by atoms with E-state index >= 15 is 0 Å². The first-order chi connectivity index (χ1) is 12.1. The summed E-state index contributed by atoms with van der Waals surface area (Å²) in [5, 5.41) is 6.54. The van der Waals surface area contributed by atoms with Crippen LogP contribution in [-0.4, -0.2) is 53.1 Å². The zero-order valence-electron chi connectivity index (χ0n) is 14.5. The van der Waals surface area contributed by atoms with E-state index < -0.39 is 0 Å². The first-order valence-corrected chi connectivity index (χ1v) is 8.54. The maximum Gasteiger partial charge on any atom is 0.262 e. The molecule has 7 nitrogen and oxygen atoms in total. The van der Waals surface area contributed by atoms with Crippen LogP contribution in [0.1, 0.15) is 17.2 Å². The first kappa shape index (κ1) is 16.1. The average Bonchev–Trinajstić information content (AvgIpc) is 3.17. The summed E-state index contributed by atoms with van der Waals surface area (Å²) in [5.74, 6) is 1.04.